The van der Waals surface area contributed by atoms with Crippen LogP contribution < -0.4 is 4.90 Å². The molecule has 0 unspecified atom stereocenters. The van der Waals surface area contributed by atoms with Crippen LogP contribution in [0.5, 0.6) is 0 Å². The second-order valence-corrected chi connectivity index (χ2v) is 7.25. The van der Waals surface area contributed by atoms with Crippen molar-refractivity contribution >= 4 is 17.8 Å². The molecule has 1 aromatic heterocycles. The Labute approximate surface area is 168 Å². The molecule has 0 radical (unpaired) electrons. The van der Waals surface area contributed by atoms with E-state index in [-0.39, 0.29) is 13.2 Å². The molecule has 1 aromatic rings. The van der Waals surface area contributed by atoms with Crippen molar-refractivity contribution in [3.05, 3.63) is 24.4 Å². The minimum absolute atomic E-state index is 0.258. The lowest BCUT2D eigenvalue weighted by Crippen LogP contribution is -2.47. The maximum atomic E-state index is 12.3. The summed E-state index contributed by atoms with van der Waals surface area (Å²) >= 11 is 0. The molecule has 0 aliphatic carbocycles. The third-order valence-corrected chi connectivity index (χ3v) is 5.20. The van der Waals surface area contributed by atoms with Gasteiger partial charge in [0.1, 0.15) is 5.82 Å². The highest BCUT2D eigenvalue weighted by Crippen LogP contribution is 2.28. The molecule has 2 rings (SSSR count). The van der Waals surface area contributed by atoms with E-state index < -0.39 is 17.4 Å². The van der Waals surface area contributed by atoms with E-state index in [0.717, 1.165) is 51.4 Å². The Bertz CT molecular complexity index is 597. The first kappa shape index (κ1) is 22.1. The van der Waals surface area contributed by atoms with Crippen LogP contribution in [0.25, 0.3) is 0 Å². The van der Waals surface area contributed by atoms with Gasteiger partial charge in [-0.3, -0.25) is 14.5 Å². The summed E-state index contributed by atoms with van der Waals surface area (Å²) in [6, 6.07) is 5.99. The van der Waals surface area contributed by atoms with E-state index in [1.807, 2.05) is 24.4 Å². The number of carbonyl (C=O) groups excluding carboxylic acids is 2. The van der Waals surface area contributed by atoms with Crippen LogP contribution in [0, 0.1) is 5.41 Å². The Morgan fingerprint density at radius 2 is 1.68 bits per heavy atom. The first-order valence-electron chi connectivity index (χ1n) is 10.2. The highest BCUT2D eigenvalue weighted by Gasteiger charge is 2.43. The molecule has 1 aliphatic rings. The molecule has 0 N–H and O–H groups in total. The van der Waals surface area contributed by atoms with Gasteiger partial charge in [-0.2, -0.15) is 0 Å². The first-order chi connectivity index (χ1) is 13.5. The predicted octanol–water partition coefficient (Wildman–Crippen LogP) is 2.51. The fraction of sp³-hybridized carbons (Fsp3) is 0.667. The molecule has 2 heterocycles. The van der Waals surface area contributed by atoms with Crippen molar-refractivity contribution < 1.29 is 19.1 Å². The molecule has 28 heavy (non-hydrogen) atoms. The van der Waals surface area contributed by atoms with Gasteiger partial charge in [-0.1, -0.05) is 12.5 Å². The van der Waals surface area contributed by atoms with Crippen molar-refractivity contribution in [3.8, 4) is 0 Å². The minimum atomic E-state index is -1.22. The highest BCUT2D eigenvalue weighted by molar-refractivity contribution is 5.99. The molecular weight excluding hydrogens is 358 g/mol. The van der Waals surface area contributed by atoms with Crippen LogP contribution in [0.3, 0.4) is 0 Å². The van der Waals surface area contributed by atoms with E-state index in [2.05, 4.69) is 14.8 Å². The first-order valence-corrected chi connectivity index (χ1v) is 10.2. The number of rotatable bonds is 10. The summed E-state index contributed by atoms with van der Waals surface area (Å²) < 4.78 is 10.2. The summed E-state index contributed by atoms with van der Waals surface area (Å²) in [6.07, 6.45) is 3.97. The molecule has 1 saturated heterocycles. The van der Waals surface area contributed by atoms with Crippen molar-refractivity contribution in [2.45, 2.75) is 40.0 Å². The second-order valence-electron chi connectivity index (χ2n) is 7.25. The lowest BCUT2D eigenvalue weighted by Gasteiger charge is -2.35. The quantitative estimate of drug-likeness (QED) is 0.345. The third-order valence-electron chi connectivity index (χ3n) is 5.20. The Hall–Kier alpha value is -2.15. The number of anilines is 1. The maximum Gasteiger partial charge on any atom is 0.323 e. The van der Waals surface area contributed by atoms with Gasteiger partial charge in [0, 0.05) is 32.4 Å². The largest absolute Gasteiger partial charge is 0.465 e. The van der Waals surface area contributed by atoms with Crippen molar-refractivity contribution in [2.24, 2.45) is 5.41 Å². The number of aromatic nitrogens is 1. The molecular formula is C21H33N3O4. The van der Waals surface area contributed by atoms with Crippen LogP contribution in [0.4, 0.5) is 5.82 Å². The molecule has 0 aromatic carbocycles. The molecule has 156 valence electrons. The number of piperazine rings is 1. The number of carbonyl (C=O) groups is 2. The van der Waals surface area contributed by atoms with Crippen LogP contribution in [0.2, 0.25) is 0 Å². The highest BCUT2D eigenvalue weighted by atomic mass is 16.6. The Morgan fingerprint density at radius 1 is 1.04 bits per heavy atom. The summed E-state index contributed by atoms with van der Waals surface area (Å²) in [7, 11) is 0. The molecule has 1 aliphatic heterocycles. The summed E-state index contributed by atoms with van der Waals surface area (Å²) in [6.45, 7) is 10.5. The van der Waals surface area contributed by atoms with Crippen LogP contribution in [-0.2, 0) is 19.1 Å². The van der Waals surface area contributed by atoms with Gasteiger partial charge in [-0.15, -0.1) is 0 Å². The number of unbranched alkanes of at least 4 members (excludes halogenated alkanes) is 1. The van der Waals surface area contributed by atoms with E-state index in [1.54, 1.807) is 20.8 Å². The smallest absolute Gasteiger partial charge is 0.323 e. The van der Waals surface area contributed by atoms with Gasteiger partial charge in [-0.05, 0) is 52.3 Å². The summed E-state index contributed by atoms with van der Waals surface area (Å²) in [5.41, 5.74) is -1.22. The Kier molecular flexibility index (Phi) is 8.70. The number of pyridine rings is 1. The van der Waals surface area contributed by atoms with E-state index in [1.165, 1.54) is 0 Å². The summed E-state index contributed by atoms with van der Waals surface area (Å²) in [4.78, 5) is 33.7. The number of hydrogen-bond acceptors (Lipinski definition) is 7. The van der Waals surface area contributed by atoms with E-state index in [4.69, 9.17) is 9.47 Å². The standard InChI is InChI=1S/C21H33N3O4/c1-4-27-19(25)21(3,20(26)28-5-2)11-7-9-13-23-14-16-24(17-15-23)18-10-6-8-12-22-18/h6,8,10,12H,4-5,7,9,11,13-17H2,1-3H3. The molecule has 0 atom stereocenters. The Morgan fingerprint density at radius 3 is 2.21 bits per heavy atom. The van der Waals surface area contributed by atoms with Gasteiger partial charge < -0.3 is 14.4 Å². The lowest BCUT2D eigenvalue weighted by atomic mass is 9.84. The van der Waals surface area contributed by atoms with E-state index >= 15 is 0 Å². The van der Waals surface area contributed by atoms with Crippen molar-refractivity contribution in [1.82, 2.24) is 9.88 Å². The van der Waals surface area contributed by atoms with E-state index in [0.29, 0.717) is 6.42 Å². The average Bonchev–Trinajstić information content (AvgIpc) is 2.72. The van der Waals surface area contributed by atoms with Crippen LogP contribution in [0.15, 0.2) is 24.4 Å². The van der Waals surface area contributed by atoms with Gasteiger partial charge in [0.15, 0.2) is 5.41 Å². The third kappa shape index (κ3) is 5.92. The number of esters is 2. The number of nitrogens with zero attached hydrogens (tertiary/aromatic N) is 3. The molecule has 0 spiro atoms. The fourth-order valence-corrected chi connectivity index (χ4v) is 3.42. The lowest BCUT2D eigenvalue weighted by molar-refractivity contribution is -0.171. The minimum Gasteiger partial charge on any atom is -0.465 e. The number of hydrogen-bond donors (Lipinski definition) is 0. The maximum absolute atomic E-state index is 12.3. The zero-order valence-corrected chi connectivity index (χ0v) is 17.4. The summed E-state index contributed by atoms with van der Waals surface area (Å²) in [5, 5.41) is 0. The van der Waals surface area contributed by atoms with Crippen molar-refractivity contribution in [3.63, 3.8) is 0 Å². The molecule has 0 bridgehead atoms. The second kappa shape index (κ2) is 11.0. The Balaban J connectivity index is 1.76. The topological polar surface area (TPSA) is 72.0 Å². The molecule has 0 amide bonds. The van der Waals surface area contributed by atoms with Gasteiger partial charge >= 0.3 is 11.9 Å². The summed E-state index contributed by atoms with van der Waals surface area (Å²) in [5.74, 6) is 0.0524. The van der Waals surface area contributed by atoms with Gasteiger partial charge in [0.2, 0.25) is 0 Å². The molecule has 7 nitrogen and oxygen atoms in total. The zero-order valence-electron chi connectivity index (χ0n) is 17.4. The molecule has 1 fully saturated rings. The average molecular weight is 392 g/mol. The van der Waals surface area contributed by atoms with E-state index in [9.17, 15) is 9.59 Å². The van der Waals surface area contributed by atoms with Crippen molar-refractivity contribution in [2.75, 3.05) is 50.8 Å². The zero-order chi connectivity index (χ0) is 20.4. The fourth-order valence-electron chi connectivity index (χ4n) is 3.42. The molecule has 0 saturated carbocycles. The van der Waals surface area contributed by atoms with Crippen LogP contribution in [0.1, 0.15) is 40.0 Å². The van der Waals surface area contributed by atoms with Gasteiger partial charge in [0.05, 0.1) is 13.2 Å². The van der Waals surface area contributed by atoms with Crippen LogP contribution >= 0.6 is 0 Å². The SMILES string of the molecule is CCOC(=O)C(C)(CCCCN1CCN(c2ccccn2)CC1)C(=O)OCC. The van der Waals surface area contributed by atoms with Crippen molar-refractivity contribution in [1.29, 1.82) is 0 Å². The van der Waals surface area contributed by atoms with Crippen LogP contribution in [-0.4, -0.2) is 67.8 Å². The monoisotopic (exact) mass is 391 g/mol. The predicted molar refractivity (Wildman–Crippen MR) is 108 cm³/mol. The number of ether oxygens (including phenoxy) is 2. The van der Waals surface area contributed by atoms with Gasteiger partial charge in [-0.25, -0.2) is 4.98 Å². The molecule has 7 heteroatoms. The normalized spacial score (nSPS) is 15.3. The van der Waals surface area contributed by atoms with Gasteiger partial charge in [0.25, 0.3) is 0 Å².